The third-order valence-electron chi connectivity index (χ3n) is 7.78. The average Bonchev–Trinajstić information content (AvgIpc) is 3.16. The van der Waals surface area contributed by atoms with Gasteiger partial charge in [0.1, 0.15) is 0 Å². The van der Waals surface area contributed by atoms with E-state index < -0.39 is 6.04 Å². The van der Waals surface area contributed by atoms with E-state index in [2.05, 4.69) is 36.4 Å². The van der Waals surface area contributed by atoms with E-state index in [1.165, 1.54) is 0 Å². The molecule has 8 aromatic rings. The average molecular weight is 567 g/mol. The van der Waals surface area contributed by atoms with Gasteiger partial charge in [0.2, 0.25) is 0 Å². The molecular weight excluding hydrogens is 534 g/mol. The SMILES string of the molecule is [2H]c1c([2H])c([2H])c(-c2ccc3cc(-c4cccc(-c5nc(-c6ccccc6)nc(-c6cccc7ccccc67)n5)c4)ccc3c2)c([2H])c1[2H]. The van der Waals surface area contributed by atoms with Crippen LogP contribution in [0.2, 0.25) is 0 Å². The number of aromatic nitrogens is 3. The summed E-state index contributed by atoms with van der Waals surface area (Å²) < 4.78 is 40.9. The highest BCUT2D eigenvalue weighted by molar-refractivity contribution is 5.95. The molecule has 0 fully saturated rings. The minimum Gasteiger partial charge on any atom is -0.208 e. The van der Waals surface area contributed by atoms with Crippen molar-refractivity contribution in [2.45, 2.75) is 0 Å². The molecule has 44 heavy (non-hydrogen) atoms. The van der Waals surface area contributed by atoms with Gasteiger partial charge in [-0.15, -0.1) is 0 Å². The van der Waals surface area contributed by atoms with Crippen LogP contribution in [0.4, 0.5) is 0 Å². The zero-order chi connectivity index (χ0) is 33.6. The Bertz CT molecular complexity index is 2540. The first-order valence-corrected chi connectivity index (χ1v) is 14.4. The highest BCUT2D eigenvalue weighted by atomic mass is 15.0. The molecule has 0 radical (unpaired) electrons. The fraction of sp³-hybridized carbons (Fsp3) is 0. The van der Waals surface area contributed by atoms with Gasteiger partial charge < -0.3 is 0 Å². The van der Waals surface area contributed by atoms with Crippen LogP contribution in [-0.4, -0.2) is 15.0 Å². The summed E-state index contributed by atoms with van der Waals surface area (Å²) in [7, 11) is 0. The molecule has 8 rings (SSSR count). The predicted molar refractivity (Wildman–Crippen MR) is 182 cm³/mol. The summed E-state index contributed by atoms with van der Waals surface area (Å²) in [5.41, 5.74) is 5.45. The van der Waals surface area contributed by atoms with Crippen LogP contribution in [0.25, 0.3) is 78.0 Å². The molecule has 7 aromatic carbocycles. The van der Waals surface area contributed by atoms with E-state index in [4.69, 9.17) is 21.8 Å². The van der Waals surface area contributed by atoms with Crippen molar-refractivity contribution in [2.24, 2.45) is 0 Å². The second-order valence-electron chi connectivity index (χ2n) is 10.6. The molecule has 0 aliphatic carbocycles. The van der Waals surface area contributed by atoms with Crippen LogP contribution in [0.5, 0.6) is 0 Å². The Morgan fingerprint density at radius 3 is 1.73 bits per heavy atom. The topological polar surface area (TPSA) is 38.7 Å². The van der Waals surface area contributed by atoms with Crippen LogP contribution in [0, 0.1) is 0 Å². The van der Waals surface area contributed by atoms with Gasteiger partial charge in [-0.25, -0.2) is 15.0 Å². The molecule has 0 saturated heterocycles. The lowest BCUT2D eigenvalue weighted by Gasteiger charge is -2.11. The second kappa shape index (κ2) is 11.0. The number of hydrogen-bond acceptors (Lipinski definition) is 3. The maximum Gasteiger partial charge on any atom is 0.164 e. The van der Waals surface area contributed by atoms with Crippen LogP contribution in [0.1, 0.15) is 6.85 Å². The minimum atomic E-state index is -0.398. The first-order chi connectivity index (χ1) is 23.9. The van der Waals surface area contributed by atoms with Gasteiger partial charge in [-0.1, -0.05) is 145 Å². The van der Waals surface area contributed by atoms with Crippen LogP contribution >= 0.6 is 0 Å². The summed E-state index contributed by atoms with van der Waals surface area (Å²) in [6.45, 7) is 0. The second-order valence-corrected chi connectivity index (χ2v) is 10.6. The van der Waals surface area contributed by atoms with Crippen LogP contribution in [0.3, 0.4) is 0 Å². The minimum absolute atomic E-state index is 0.194. The zero-order valence-corrected chi connectivity index (χ0v) is 23.5. The maximum absolute atomic E-state index is 8.39. The molecule has 0 saturated carbocycles. The standard InChI is InChI=1S/C41H27N3/c1-3-11-28(12-4-1)32-21-22-35-26-33(23-24-34(35)25-32)31-17-9-18-36(27-31)40-42-39(30-14-5-2-6-15-30)43-41(44-40)38-20-10-16-29-13-7-8-19-37(29)38/h1-27H/i1D,3D,4D,11D,12D. The molecule has 0 bridgehead atoms. The fourth-order valence-electron chi connectivity index (χ4n) is 5.58. The summed E-state index contributed by atoms with van der Waals surface area (Å²) >= 11 is 0. The summed E-state index contributed by atoms with van der Waals surface area (Å²) in [5, 5.41) is 4.04. The Morgan fingerprint density at radius 2 is 0.932 bits per heavy atom. The zero-order valence-electron chi connectivity index (χ0n) is 28.5. The molecule has 0 unspecified atom stereocenters. The van der Waals surface area contributed by atoms with Crippen molar-refractivity contribution in [3.8, 4) is 56.4 Å². The number of nitrogens with zero attached hydrogens (tertiary/aromatic N) is 3. The van der Waals surface area contributed by atoms with Crippen molar-refractivity contribution in [3.63, 3.8) is 0 Å². The van der Waals surface area contributed by atoms with Crippen molar-refractivity contribution in [1.29, 1.82) is 0 Å². The Kier molecular flexibility index (Phi) is 5.24. The van der Waals surface area contributed by atoms with Crippen molar-refractivity contribution >= 4 is 21.5 Å². The molecular formula is C41H27N3. The highest BCUT2D eigenvalue weighted by Crippen LogP contribution is 2.33. The van der Waals surface area contributed by atoms with E-state index in [0.717, 1.165) is 49.4 Å². The summed E-state index contributed by atoms with van der Waals surface area (Å²) in [4.78, 5) is 14.9. The molecule has 0 atom stereocenters. The van der Waals surface area contributed by atoms with Crippen LogP contribution in [-0.2, 0) is 0 Å². The number of benzene rings is 7. The van der Waals surface area contributed by atoms with Crippen molar-refractivity contribution < 1.29 is 6.85 Å². The van der Waals surface area contributed by atoms with Gasteiger partial charge in [-0.2, -0.15) is 0 Å². The molecule has 0 N–H and O–H groups in total. The molecule has 0 aliphatic heterocycles. The molecule has 0 aliphatic rings. The lowest BCUT2D eigenvalue weighted by molar-refractivity contribution is 1.08. The number of rotatable bonds is 5. The van der Waals surface area contributed by atoms with Crippen LogP contribution in [0.15, 0.2) is 164 Å². The van der Waals surface area contributed by atoms with Gasteiger partial charge >= 0.3 is 0 Å². The maximum atomic E-state index is 8.39. The van der Waals surface area contributed by atoms with E-state index in [9.17, 15) is 0 Å². The first-order valence-electron chi connectivity index (χ1n) is 16.9. The third-order valence-corrected chi connectivity index (χ3v) is 7.78. The summed E-state index contributed by atoms with van der Waals surface area (Å²) in [5.74, 6) is 1.77. The summed E-state index contributed by atoms with van der Waals surface area (Å²) in [6, 6.07) is 42.6. The van der Waals surface area contributed by atoms with Crippen LogP contribution < -0.4 is 0 Å². The highest BCUT2D eigenvalue weighted by Gasteiger charge is 2.15. The molecule has 0 spiro atoms. The molecule has 3 nitrogen and oxygen atoms in total. The fourth-order valence-corrected chi connectivity index (χ4v) is 5.58. The van der Waals surface area contributed by atoms with E-state index in [-0.39, 0.29) is 29.7 Å². The first kappa shape index (κ1) is 20.9. The van der Waals surface area contributed by atoms with E-state index >= 15 is 0 Å². The summed E-state index contributed by atoms with van der Waals surface area (Å²) in [6.07, 6.45) is 0. The van der Waals surface area contributed by atoms with E-state index in [0.29, 0.717) is 23.0 Å². The van der Waals surface area contributed by atoms with Gasteiger partial charge in [-0.05, 0) is 62.0 Å². The van der Waals surface area contributed by atoms with Crippen molar-refractivity contribution in [3.05, 3.63) is 164 Å². The third kappa shape index (κ3) is 4.91. The lowest BCUT2D eigenvalue weighted by atomic mass is 9.97. The predicted octanol–water partition coefficient (Wildman–Crippen LogP) is 10.5. The molecule has 1 heterocycles. The largest absolute Gasteiger partial charge is 0.208 e. The van der Waals surface area contributed by atoms with Gasteiger partial charge in [0.05, 0.1) is 6.85 Å². The molecule has 3 heteroatoms. The van der Waals surface area contributed by atoms with Gasteiger partial charge in [-0.3, -0.25) is 0 Å². The number of fused-ring (bicyclic) bond motifs is 2. The molecule has 0 amide bonds. The molecule has 206 valence electrons. The molecule has 1 aromatic heterocycles. The van der Waals surface area contributed by atoms with Gasteiger partial charge in [0.25, 0.3) is 0 Å². The Balaban J connectivity index is 1.21. The quantitative estimate of drug-likeness (QED) is 0.208. The Hall–Kier alpha value is -5.93. The Labute approximate surface area is 263 Å². The van der Waals surface area contributed by atoms with E-state index in [1.807, 2.05) is 91.0 Å². The van der Waals surface area contributed by atoms with Gasteiger partial charge in [0, 0.05) is 16.7 Å². The van der Waals surface area contributed by atoms with Gasteiger partial charge in [0.15, 0.2) is 17.5 Å². The Morgan fingerprint density at radius 1 is 0.364 bits per heavy atom. The van der Waals surface area contributed by atoms with Crippen molar-refractivity contribution in [2.75, 3.05) is 0 Å². The smallest absolute Gasteiger partial charge is 0.164 e. The number of hydrogen-bond donors (Lipinski definition) is 0. The normalized spacial score (nSPS) is 12.8. The lowest BCUT2D eigenvalue weighted by Crippen LogP contribution is -2.00. The monoisotopic (exact) mass is 566 g/mol. The van der Waals surface area contributed by atoms with Crippen molar-refractivity contribution in [1.82, 2.24) is 15.0 Å². The van der Waals surface area contributed by atoms with E-state index in [1.54, 1.807) is 6.07 Å².